The van der Waals surface area contributed by atoms with Gasteiger partial charge >= 0.3 is 0 Å². The Kier molecular flexibility index (Phi) is 2.56. The Morgan fingerprint density at radius 1 is 1.46 bits per heavy atom. The van der Waals surface area contributed by atoms with Crippen LogP contribution < -0.4 is 0 Å². The molecule has 70 valence electrons. The van der Waals surface area contributed by atoms with Gasteiger partial charge in [0.05, 0.1) is 4.90 Å². The van der Waals surface area contributed by atoms with Gasteiger partial charge in [0.2, 0.25) is 0 Å². The summed E-state index contributed by atoms with van der Waals surface area (Å²) in [5.41, 5.74) is 1.14. The van der Waals surface area contributed by atoms with Gasteiger partial charge in [-0.3, -0.25) is 0 Å². The maximum atomic E-state index is 9.46. The average Bonchev–Trinajstić information content (AvgIpc) is 2.89. The van der Waals surface area contributed by atoms with Gasteiger partial charge in [-0.2, -0.15) is 0 Å². The molecule has 0 radical (unpaired) electrons. The van der Waals surface area contributed by atoms with Gasteiger partial charge in [0.15, 0.2) is 0 Å². The highest BCUT2D eigenvalue weighted by molar-refractivity contribution is 9.10. The molecule has 1 aliphatic rings. The number of aromatic hydroxyl groups is 1. The molecule has 13 heavy (non-hydrogen) atoms. The molecule has 0 bridgehead atoms. The minimum atomic E-state index is 0.280. The highest BCUT2D eigenvalue weighted by Gasteiger charge is 2.24. The van der Waals surface area contributed by atoms with Gasteiger partial charge in [-0.05, 0) is 42.9 Å². The summed E-state index contributed by atoms with van der Waals surface area (Å²) in [6, 6.07) is 3.55. The van der Waals surface area contributed by atoms with E-state index < -0.39 is 0 Å². The van der Waals surface area contributed by atoms with E-state index in [0.717, 1.165) is 27.3 Å². The monoisotopic (exact) mass is 258 g/mol. The molecule has 1 aromatic carbocycles. The molecule has 0 saturated heterocycles. The standard InChI is InChI=1S/C10H11BrOS/c11-8-3-4-9(12)10(13)7(8)5-6-1-2-6/h3-4,6,12-13H,1-2,5H2. The second kappa shape index (κ2) is 3.54. The fourth-order valence-electron chi connectivity index (χ4n) is 1.40. The van der Waals surface area contributed by atoms with Gasteiger partial charge in [0.1, 0.15) is 5.75 Å². The number of rotatable bonds is 2. The lowest BCUT2D eigenvalue weighted by Gasteiger charge is -2.08. The summed E-state index contributed by atoms with van der Waals surface area (Å²) in [6.07, 6.45) is 3.67. The summed E-state index contributed by atoms with van der Waals surface area (Å²) in [7, 11) is 0. The van der Waals surface area contributed by atoms with E-state index in [1.165, 1.54) is 12.8 Å². The molecule has 3 heteroatoms. The molecular formula is C10H11BrOS. The Morgan fingerprint density at radius 3 is 2.77 bits per heavy atom. The van der Waals surface area contributed by atoms with Crippen molar-refractivity contribution in [2.75, 3.05) is 0 Å². The topological polar surface area (TPSA) is 20.2 Å². The van der Waals surface area contributed by atoms with Crippen LogP contribution in [0.15, 0.2) is 21.5 Å². The molecule has 1 N–H and O–H groups in total. The van der Waals surface area contributed by atoms with Crippen molar-refractivity contribution in [2.24, 2.45) is 5.92 Å². The first-order valence-corrected chi connectivity index (χ1v) is 5.62. The lowest BCUT2D eigenvalue weighted by atomic mass is 10.1. The van der Waals surface area contributed by atoms with E-state index in [1.807, 2.05) is 6.07 Å². The lowest BCUT2D eigenvalue weighted by Crippen LogP contribution is -1.91. The summed E-state index contributed by atoms with van der Waals surface area (Å²) in [4.78, 5) is 0.723. The molecule has 1 saturated carbocycles. The number of phenols is 1. The molecule has 1 aliphatic carbocycles. The van der Waals surface area contributed by atoms with Gasteiger partial charge in [0, 0.05) is 4.47 Å². The molecule has 2 rings (SSSR count). The quantitative estimate of drug-likeness (QED) is 0.780. The van der Waals surface area contributed by atoms with Crippen LogP contribution in [-0.2, 0) is 6.42 Å². The maximum absolute atomic E-state index is 9.46. The number of phenolic OH excluding ortho intramolecular Hbond substituents is 1. The number of hydrogen-bond acceptors (Lipinski definition) is 2. The molecule has 1 aromatic rings. The predicted molar refractivity (Wildman–Crippen MR) is 59.5 cm³/mol. The van der Waals surface area contributed by atoms with Crippen molar-refractivity contribution in [3.63, 3.8) is 0 Å². The summed E-state index contributed by atoms with van der Waals surface area (Å²) < 4.78 is 1.06. The molecule has 0 aliphatic heterocycles. The van der Waals surface area contributed by atoms with Crippen molar-refractivity contribution in [1.82, 2.24) is 0 Å². The number of benzene rings is 1. The SMILES string of the molecule is Oc1ccc(Br)c(CC2CC2)c1S. The van der Waals surface area contributed by atoms with E-state index in [-0.39, 0.29) is 5.75 Å². The zero-order valence-electron chi connectivity index (χ0n) is 7.13. The lowest BCUT2D eigenvalue weighted by molar-refractivity contribution is 0.460. The van der Waals surface area contributed by atoms with E-state index in [0.29, 0.717) is 0 Å². The summed E-state index contributed by atoms with van der Waals surface area (Å²) in [6.45, 7) is 0. The van der Waals surface area contributed by atoms with Crippen LogP contribution in [0.1, 0.15) is 18.4 Å². The van der Waals surface area contributed by atoms with Crippen LogP contribution in [0.3, 0.4) is 0 Å². The molecule has 1 nitrogen and oxygen atoms in total. The van der Waals surface area contributed by atoms with E-state index in [9.17, 15) is 5.11 Å². The molecule has 0 amide bonds. The van der Waals surface area contributed by atoms with Crippen LogP contribution in [0.4, 0.5) is 0 Å². The van der Waals surface area contributed by atoms with Crippen LogP contribution in [0, 0.1) is 5.92 Å². The largest absolute Gasteiger partial charge is 0.507 e. The van der Waals surface area contributed by atoms with Gasteiger partial charge in [-0.25, -0.2) is 0 Å². The normalized spacial score (nSPS) is 16.2. The smallest absolute Gasteiger partial charge is 0.129 e. The van der Waals surface area contributed by atoms with Crippen molar-refractivity contribution in [2.45, 2.75) is 24.2 Å². The number of thiol groups is 1. The molecule has 1 fully saturated rings. The van der Waals surface area contributed by atoms with Crippen molar-refractivity contribution in [3.05, 3.63) is 22.2 Å². The Balaban J connectivity index is 2.34. The summed E-state index contributed by atoms with van der Waals surface area (Å²) in [5.74, 6) is 1.09. The first-order chi connectivity index (χ1) is 6.18. The second-order valence-corrected chi connectivity index (χ2v) is 4.84. The first kappa shape index (κ1) is 9.41. The van der Waals surface area contributed by atoms with Crippen LogP contribution in [0.5, 0.6) is 5.75 Å². The first-order valence-electron chi connectivity index (χ1n) is 4.38. The Labute approximate surface area is 91.7 Å². The van der Waals surface area contributed by atoms with E-state index >= 15 is 0 Å². The third-order valence-electron chi connectivity index (χ3n) is 2.39. The molecule has 0 aromatic heterocycles. The number of halogens is 1. The van der Waals surface area contributed by atoms with E-state index in [1.54, 1.807) is 6.07 Å². The average molecular weight is 259 g/mol. The summed E-state index contributed by atoms with van der Waals surface area (Å²) >= 11 is 7.78. The third-order valence-corrected chi connectivity index (χ3v) is 3.64. The Morgan fingerprint density at radius 2 is 2.15 bits per heavy atom. The second-order valence-electron chi connectivity index (χ2n) is 3.54. The van der Waals surface area contributed by atoms with Gasteiger partial charge in [0.25, 0.3) is 0 Å². The highest BCUT2D eigenvalue weighted by Crippen LogP contribution is 2.39. The zero-order valence-corrected chi connectivity index (χ0v) is 9.61. The summed E-state index contributed by atoms with van der Waals surface area (Å²) in [5, 5.41) is 9.46. The Hall–Kier alpha value is -0.150. The van der Waals surface area contributed by atoms with Crippen molar-refractivity contribution in [3.8, 4) is 5.75 Å². The molecule has 0 spiro atoms. The molecule has 0 atom stereocenters. The van der Waals surface area contributed by atoms with Crippen LogP contribution in [0.2, 0.25) is 0 Å². The van der Waals surface area contributed by atoms with Gasteiger partial charge in [-0.15, -0.1) is 12.6 Å². The zero-order chi connectivity index (χ0) is 9.42. The fraction of sp³-hybridized carbons (Fsp3) is 0.400. The van der Waals surface area contributed by atoms with Gasteiger partial charge < -0.3 is 5.11 Å². The van der Waals surface area contributed by atoms with Crippen molar-refractivity contribution >= 4 is 28.6 Å². The van der Waals surface area contributed by atoms with Crippen molar-refractivity contribution in [1.29, 1.82) is 0 Å². The fourth-order valence-corrected chi connectivity index (χ4v) is 2.34. The van der Waals surface area contributed by atoms with Crippen LogP contribution in [-0.4, -0.2) is 5.11 Å². The maximum Gasteiger partial charge on any atom is 0.129 e. The van der Waals surface area contributed by atoms with Crippen molar-refractivity contribution < 1.29 is 5.11 Å². The minimum absolute atomic E-state index is 0.280. The molecular weight excluding hydrogens is 248 g/mol. The third kappa shape index (κ3) is 2.02. The van der Waals surface area contributed by atoms with Gasteiger partial charge in [-0.1, -0.05) is 15.9 Å². The highest BCUT2D eigenvalue weighted by atomic mass is 79.9. The minimum Gasteiger partial charge on any atom is -0.507 e. The van der Waals surface area contributed by atoms with Crippen LogP contribution in [0.25, 0.3) is 0 Å². The van der Waals surface area contributed by atoms with E-state index in [4.69, 9.17) is 0 Å². The predicted octanol–water partition coefficient (Wildman–Crippen LogP) is 3.40. The number of hydrogen-bond donors (Lipinski definition) is 2. The Bertz CT molecular complexity index is 334. The molecule has 0 unspecified atom stereocenters. The van der Waals surface area contributed by atoms with Crippen LogP contribution >= 0.6 is 28.6 Å². The molecule has 0 heterocycles. The van der Waals surface area contributed by atoms with E-state index in [2.05, 4.69) is 28.6 Å².